The van der Waals surface area contributed by atoms with Gasteiger partial charge in [0.25, 0.3) is 5.91 Å². The van der Waals surface area contributed by atoms with Crippen molar-refractivity contribution in [1.82, 2.24) is 0 Å². The molecule has 2 aliphatic rings. The zero-order chi connectivity index (χ0) is 18.9. The van der Waals surface area contributed by atoms with Crippen LogP contribution in [0.5, 0.6) is 0 Å². The highest BCUT2D eigenvalue weighted by Gasteiger charge is 2.42. The van der Waals surface area contributed by atoms with Crippen LogP contribution in [0.3, 0.4) is 0 Å². The summed E-state index contributed by atoms with van der Waals surface area (Å²) in [6, 6.07) is 15.1. The maximum atomic E-state index is 12.8. The maximum Gasteiger partial charge on any atom is 0.339 e. The predicted molar refractivity (Wildman–Crippen MR) is 105 cm³/mol. The molecule has 2 heterocycles. The quantitative estimate of drug-likeness (QED) is 0.842. The Morgan fingerprint density at radius 2 is 1.74 bits per heavy atom. The molecule has 0 radical (unpaired) electrons. The molecule has 1 saturated heterocycles. The lowest BCUT2D eigenvalue weighted by atomic mass is 9.89. The minimum atomic E-state index is -1.21. The first-order valence-corrected chi connectivity index (χ1v) is 9.53. The fourth-order valence-corrected chi connectivity index (χ4v) is 3.83. The van der Waals surface area contributed by atoms with E-state index < -0.39 is 11.6 Å². The van der Waals surface area contributed by atoms with Crippen LogP contribution in [0.25, 0.3) is 0 Å². The minimum absolute atomic E-state index is 0.309. The Bertz CT molecular complexity index is 856. The number of benzene rings is 2. The van der Waals surface area contributed by atoms with E-state index in [0.717, 1.165) is 18.7 Å². The van der Waals surface area contributed by atoms with Gasteiger partial charge >= 0.3 is 5.97 Å². The van der Waals surface area contributed by atoms with Crippen molar-refractivity contribution in [2.45, 2.75) is 38.2 Å². The number of nitrogens with zero attached hydrogens (tertiary/aromatic N) is 1. The van der Waals surface area contributed by atoms with E-state index in [4.69, 9.17) is 4.74 Å². The molecule has 0 saturated carbocycles. The summed E-state index contributed by atoms with van der Waals surface area (Å²) in [6.45, 7) is 3.83. The van der Waals surface area contributed by atoms with Crippen LogP contribution in [0.15, 0.2) is 48.5 Å². The van der Waals surface area contributed by atoms with Crippen LogP contribution in [0.4, 0.5) is 11.4 Å². The Labute approximate surface area is 159 Å². The first-order valence-electron chi connectivity index (χ1n) is 9.53. The van der Waals surface area contributed by atoms with Crippen LogP contribution in [0.1, 0.15) is 42.1 Å². The largest absolute Gasteiger partial charge is 0.445 e. The number of carbonyl (C=O) groups excluding carboxylic acids is 2. The fraction of sp³-hybridized carbons (Fsp3) is 0.364. The second kappa shape index (κ2) is 7.06. The Morgan fingerprint density at radius 3 is 2.48 bits per heavy atom. The lowest BCUT2D eigenvalue weighted by Crippen LogP contribution is -2.48. The van der Waals surface area contributed by atoms with Gasteiger partial charge in [-0.05, 0) is 62.1 Å². The van der Waals surface area contributed by atoms with Gasteiger partial charge in [-0.15, -0.1) is 0 Å². The van der Waals surface area contributed by atoms with Gasteiger partial charge in [0.2, 0.25) is 0 Å². The molecule has 5 nitrogen and oxygen atoms in total. The van der Waals surface area contributed by atoms with Crippen molar-refractivity contribution in [2.24, 2.45) is 0 Å². The molecule has 1 amide bonds. The first kappa shape index (κ1) is 17.6. The van der Waals surface area contributed by atoms with Gasteiger partial charge in [0, 0.05) is 30.9 Å². The summed E-state index contributed by atoms with van der Waals surface area (Å²) >= 11 is 0. The molecular formula is C22H24N2O3. The molecule has 1 unspecified atom stereocenters. The van der Waals surface area contributed by atoms with E-state index in [-0.39, 0.29) is 5.91 Å². The number of fused-ring (bicyclic) bond motifs is 1. The Morgan fingerprint density at radius 1 is 1.04 bits per heavy atom. The number of nitrogens with one attached hydrogen (secondary N) is 1. The number of ether oxygens (including phenoxy) is 1. The summed E-state index contributed by atoms with van der Waals surface area (Å²) in [5, 5.41) is 2.90. The highest BCUT2D eigenvalue weighted by molar-refractivity contribution is 6.02. The molecule has 2 aromatic rings. The number of cyclic esters (lactones) is 1. The van der Waals surface area contributed by atoms with Crippen LogP contribution in [0.2, 0.25) is 0 Å². The molecule has 2 aliphatic heterocycles. The van der Waals surface area contributed by atoms with Gasteiger partial charge in [-0.2, -0.15) is 0 Å². The minimum Gasteiger partial charge on any atom is -0.445 e. The molecule has 1 atom stereocenters. The zero-order valence-electron chi connectivity index (χ0n) is 15.5. The highest BCUT2D eigenvalue weighted by Crippen LogP contribution is 2.29. The van der Waals surface area contributed by atoms with Gasteiger partial charge in [-0.3, -0.25) is 4.79 Å². The molecule has 140 valence electrons. The van der Waals surface area contributed by atoms with E-state index in [2.05, 4.69) is 10.2 Å². The SMILES string of the molecule is CC1(C(=O)Nc2ccc(N3CCCCC3)cc2)Cc2ccccc2C(=O)O1. The summed E-state index contributed by atoms with van der Waals surface area (Å²) in [7, 11) is 0. The maximum absolute atomic E-state index is 12.8. The molecular weight excluding hydrogens is 340 g/mol. The third kappa shape index (κ3) is 3.54. The molecule has 0 aliphatic carbocycles. The third-order valence-corrected chi connectivity index (χ3v) is 5.41. The second-order valence-electron chi connectivity index (χ2n) is 7.50. The standard InChI is InChI=1S/C22H24N2O3/c1-22(15-16-7-3-4-8-19(16)20(25)27-22)21(26)23-17-9-11-18(12-10-17)24-13-5-2-6-14-24/h3-4,7-12H,2,5-6,13-15H2,1H3,(H,23,26). The molecule has 0 bridgehead atoms. The van der Waals surface area contributed by atoms with Crippen LogP contribution in [0, 0.1) is 0 Å². The molecule has 2 aromatic carbocycles. The van der Waals surface area contributed by atoms with E-state index in [1.807, 2.05) is 36.4 Å². The monoisotopic (exact) mass is 364 g/mol. The smallest absolute Gasteiger partial charge is 0.339 e. The van der Waals surface area contributed by atoms with E-state index in [1.54, 1.807) is 19.1 Å². The van der Waals surface area contributed by atoms with Crippen molar-refractivity contribution in [3.05, 3.63) is 59.7 Å². The van der Waals surface area contributed by atoms with Gasteiger partial charge in [0.05, 0.1) is 5.56 Å². The average Bonchev–Trinajstić information content (AvgIpc) is 2.69. The number of esters is 1. The number of hydrogen-bond donors (Lipinski definition) is 1. The topological polar surface area (TPSA) is 58.6 Å². The van der Waals surface area contributed by atoms with Crippen molar-refractivity contribution >= 4 is 23.3 Å². The number of anilines is 2. The lowest BCUT2D eigenvalue weighted by Gasteiger charge is -2.33. The van der Waals surface area contributed by atoms with Gasteiger partial charge in [-0.25, -0.2) is 4.79 Å². The van der Waals surface area contributed by atoms with E-state index in [9.17, 15) is 9.59 Å². The van der Waals surface area contributed by atoms with Crippen LogP contribution in [-0.4, -0.2) is 30.6 Å². The van der Waals surface area contributed by atoms with Crippen molar-refractivity contribution < 1.29 is 14.3 Å². The number of amides is 1. The molecule has 0 spiro atoms. The Hall–Kier alpha value is -2.82. The second-order valence-corrected chi connectivity index (χ2v) is 7.50. The zero-order valence-corrected chi connectivity index (χ0v) is 15.5. The highest BCUT2D eigenvalue weighted by atomic mass is 16.6. The molecule has 27 heavy (non-hydrogen) atoms. The Kier molecular flexibility index (Phi) is 4.60. The molecule has 0 aromatic heterocycles. The van der Waals surface area contributed by atoms with Crippen LogP contribution >= 0.6 is 0 Å². The van der Waals surface area contributed by atoms with Crippen molar-refractivity contribution in [1.29, 1.82) is 0 Å². The normalized spacial score (nSPS) is 22.0. The fourth-order valence-electron chi connectivity index (χ4n) is 3.83. The number of carbonyl (C=O) groups is 2. The lowest BCUT2D eigenvalue weighted by molar-refractivity contribution is -0.134. The summed E-state index contributed by atoms with van der Waals surface area (Å²) in [4.78, 5) is 27.5. The number of piperidine rings is 1. The molecule has 1 fully saturated rings. The summed E-state index contributed by atoms with van der Waals surface area (Å²) in [5.41, 5.74) is 2.05. The van der Waals surface area contributed by atoms with Gasteiger partial charge < -0.3 is 15.0 Å². The van der Waals surface area contributed by atoms with E-state index >= 15 is 0 Å². The molecule has 1 N–H and O–H groups in total. The predicted octanol–water partition coefficient (Wildman–Crippen LogP) is 3.79. The summed E-state index contributed by atoms with van der Waals surface area (Å²) < 4.78 is 5.49. The number of rotatable bonds is 3. The van der Waals surface area contributed by atoms with Crippen molar-refractivity contribution in [3.8, 4) is 0 Å². The Balaban J connectivity index is 1.46. The summed E-state index contributed by atoms with van der Waals surface area (Å²) in [6.07, 6.45) is 4.12. The summed E-state index contributed by atoms with van der Waals surface area (Å²) in [5.74, 6) is -0.758. The molecule has 4 rings (SSSR count). The average molecular weight is 364 g/mol. The van der Waals surface area contributed by atoms with Gasteiger partial charge in [0.15, 0.2) is 5.60 Å². The van der Waals surface area contributed by atoms with E-state index in [1.165, 1.54) is 24.9 Å². The number of hydrogen-bond acceptors (Lipinski definition) is 4. The molecule has 5 heteroatoms. The third-order valence-electron chi connectivity index (χ3n) is 5.41. The van der Waals surface area contributed by atoms with Crippen LogP contribution < -0.4 is 10.2 Å². The van der Waals surface area contributed by atoms with Gasteiger partial charge in [-0.1, -0.05) is 18.2 Å². The van der Waals surface area contributed by atoms with Crippen molar-refractivity contribution in [3.63, 3.8) is 0 Å². The van der Waals surface area contributed by atoms with E-state index in [0.29, 0.717) is 17.7 Å². The van der Waals surface area contributed by atoms with Gasteiger partial charge in [0.1, 0.15) is 0 Å². The van der Waals surface area contributed by atoms with Crippen LogP contribution in [-0.2, 0) is 16.0 Å². The first-order chi connectivity index (χ1) is 13.0. The van der Waals surface area contributed by atoms with Crippen molar-refractivity contribution in [2.75, 3.05) is 23.3 Å².